The van der Waals surface area contributed by atoms with Gasteiger partial charge in [0.15, 0.2) is 0 Å². The molecule has 3 rings (SSSR count). The molecule has 0 spiro atoms. The van der Waals surface area contributed by atoms with Gasteiger partial charge in [0.05, 0.1) is 5.56 Å². The van der Waals surface area contributed by atoms with Crippen molar-refractivity contribution < 1.29 is 4.79 Å². The highest BCUT2D eigenvalue weighted by Gasteiger charge is 2.26. The van der Waals surface area contributed by atoms with Gasteiger partial charge in [-0.15, -0.1) is 0 Å². The zero-order valence-corrected chi connectivity index (χ0v) is 14.7. The van der Waals surface area contributed by atoms with E-state index >= 15 is 0 Å². The Morgan fingerprint density at radius 1 is 1.29 bits per heavy atom. The van der Waals surface area contributed by atoms with Crippen LogP contribution in [0, 0.1) is 19.8 Å². The van der Waals surface area contributed by atoms with Crippen LogP contribution in [-0.2, 0) is 0 Å². The number of likely N-dealkylation sites (tertiary alicyclic amines) is 1. The number of piperidine rings is 1. The number of hydrogen-bond donors (Lipinski definition) is 1. The van der Waals surface area contributed by atoms with Gasteiger partial charge in [0.2, 0.25) is 0 Å². The van der Waals surface area contributed by atoms with Crippen molar-refractivity contribution in [3.8, 4) is 5.82 Å². The van der Waals surface area contributed by atoms with Gasteiger partial charge >= 0.3 is 0 Å². The Labute approximate surface area is 143 Å². The molecule has 5 nitrogen and oxygen atoms in total. The minimum absolute atomic E-state index is 0.146. The van der Waals surface area contributed by atoms with E-state index in [-0.39, 0.29) is 5.91 Å². The third-order valence-electron chi connectivity index (χ3n) is 4.93. The molecule has 1 saturated heterocycles. The predicted molar refractivity (Wildman–Crippen MR) is 95.6 cm³/mol. The lowest BCUT2D eigenvalue weighted by Crippen LogP contribution is -2.40. The molecule has 0 aliphatic carbocycles. The third-order valence-corrected chi connectivity index (χ3v) is 4.93. The number of nitrogens with zero attached hydrogens (tertiary/aromatic N) is 3. The van der Waals surface area contributed by atoms with Gasteiger partial charge in [-0.3, -0.25) is 4.79 Å². The number of nitrogens with one attached hydrogen (secondary N) is 1. The first-order valence-corrected chi connectivity index (χ1v) is 8.66. The van der Waals surface area contributed by atoms with Gasteiger partial charge < -0.3 is 14.8 Å². The summed E-state index contributed by atoms with van der Waals surface area (Å²) >= 11 is 0. The van der Waals surface area contributed by atoms with Crippen molar-refractivity contribution in [3.05, 3.63) is 47.4 Å². The second kappa shape index (κ2) is 7.18. The summed E-state index contributed by atoms with van der Waals surface area (Å²) in [7, 11) is 1.99. The molecule has 128 valence electrons. The van der Waals surface area contributed by atoms with Crippen LogP contribution in [0.15, 0.2) is 30.5 Å². The quantitative estimate of drug-likeness (QED) is 0.939. The lowest BCUT2D eigenvalue weighted by Gasteiger charge is -2.32. The summed E-state index contributed by atoms with van der Waals surface area (Å²) in [5.74, 6) is 1.69. The lowest BCUT2D eigenvalue weighted by molar-refractivity contribution is 0.0690. The van der Waals surface area contributed by atoms with Gasteiger partial charge in [-0.25, -0.2) is 4.98 Å². The van der Waals surface area contributed by atoms with Crippen LogP contribution in [0.1, 0.15) is 34.6 Å². The Bertz CT molecular complexity index is 700. The van der Waals surface area contributed by atoms with E-state index in [1.807, 2.05) is 50.1 Å². The van der Waals surface area contributed by atoms with Crippen LogP contribution in [0.2, 0.25) is 0 Å². The molecule has 0 saturated carbocycles. The normalized spacial score (nSPS) is 15.7. The number of carbonyl (C=O) groups excluding carboxylic acids is 1. The topological polar surface area (TPSA) is 50.2 Å². The maximum absolute atomic E-state index is 13.0. The molecule has 1 fully saturated rings. The first kappa shape index (κ1) is 16.7. The van der Waals surface area contributed by atoms with Crippen LogP contribution in [0.4, 0.5) is 0 Å². The number of aromatic nitrogens is 2. The summed E-state index contributed by atoms with van der Waals surface area (Å²) in [6.07, 6.45) is 3.93. The summed E-state index contributed by atoms with van der Waals surface area (Å²) in [4.78, 5) is 19.4. The highest BCUT2D eigenvalue weighted by Crippen LogP contribution is 2.23. The average molecular weight is 326 g/mol. The fourth-order valence-electron chi connectivity index (χ4n) is 3.62. The van der Waals surface area contributed by atoms with E-state index < -0.39 is 0 Å². The second-order valence-corrected chi connectivity index (χ2v) is 6.60. The molecule has 0 aromatic carbocycles. The van der Waals surface area contributed by atoms with E-state index in [0.717, 1.165) is 55.2 Å². The number of pyridine rings is 1. The highest BCUT2D eigenvalue weighted by molar-refractivity contribution is 5.96. The van der Waals surface area contributed by atoms with Gasteiger partial charge in [-0.2, -0.15) is 0 Å². The first-order valence-electron chi connectivity index (χ1n) is 8.66. The molecule has 2 aromatic rings. The maximum atomic E-state index is 13.0. The molecule has 1 aliphatic rings. The molecule has 5 heteroatoms. The zero-order valence-electron chi connectivity index (χ0n) is 14.7. The Balaban J connectivity index is 1.80. The molecule has 0 radical (unpaired) electrons. The van der Waals surface area contributed by atoms with E-state index in [4.69, 9.17) is 0 Å². The van der Waals surface area contributed by atoms with Gasteiger partial charge in [0.25, 0.3) is 5.91 Å². The van der Waals surface area contributed by atoms with E-state index in [0.29, 0.717) is 5.92 Å². The molecule has 2 aromatic heterocycles. The van der Waals surface area contributed by atoms with Gasteiger partial charge in [-0.05, 0) is 64.4 Å². The Morgan fingerprint density at radius 2 is 2.04 bits per heavy atom. The molecule has 0 atom stereocenters. The SMILES string of the molecule is CNCC1CCN(C(=O)c2cc(C)n(-c3ccccn3)c2C)CC1. The largest absolute Gasteiger partial charge is 0.339 e. The zero-order chi connectivity index (χ0) is 17.1. The van der Waals surface area contributed by atoms with Crippen molar-refractivity contribution in [2.45, 2.75) is 26.7 Å². The summed E-state index contributed by atoms with van der Waals surface area (Å²) in [6.45, 7) is 6.76. The average Bonchev–Trinajstić information content (AvgIpc) is 2.90. The van der Waals surface area contributed by atoms with Crippen molar-refractivity contribution in [2.75, 3.05) is 26.7 Å². The second-order valence-electron chi connectivity index (χ2n) is 6.60. The predicted octanol–water partition coefficient (Wildman–Crippen LogP) is 2.56. The Kier molecular flexibility index (Phi) is 5.00. The standard InChI is InChI=1S/C19H26N4O/c1-14-12-17(15(2)23(14)18-6-4-5-9-21-18)19(24)22-10-7-16(8-11-22)13-20-3/h4-6,9,12,16,20H,7-8,10-11,13H2,1-3H3. The van der Waals surface area contributed by atoms with E-state index in [9.17, 15) is 4.79 Å². The van der Waals surface area contributed by atoms with Crippen molar-refractivity contribution >= 4 is 5.91 Å². The molecule has 0 bridgehead atoms. The van der Waals surface area contributed by atoms with Crippen molar-refractivity contribution in [1.29, 1.82) is 0 Å². The molecular formula is C19H26N4O. The van der Waals surface area contributed by atoms with Gasteiger partial charge in [0, 0.05) is 30.7 Å². The number of hydrogen-bond acceptors (Lipinski definition) is 3. The van der Waals surface area contributed by atoms with E-state index in [1.165, 1.54) is 0 Å². The fourth-order valence-corrected chi connectivity index (χ4v) is 3.62. The van der Waals surface area contributed by atoms with Crippen LogP contribution >= 0.6 is 0 Å². The summed E-state index contributed by atoms with van der Waals surface area (Å²) in [6, 6.07) is 7.83. The minimum atomic E-state index is 0.146. The highest BCUT2D eigenvalue weighted by atomic mass is 16.2. The minimum Gasteiger partial charge on any atom is -0.339 e. The first-order chi connectivity index (χ1) is 11.6. The smallest absolute Gasteiger partial charge is 0.255 e. The molecule has 0 unspecified atom stereocenters. The molecule has 1 amide bonds. The Morgan fingerprint density at radius 3 is 2.67 bits per heavy atom. The molecular weight excluding hydrogens is 300 g/mol. The van der Waals surface area contributed by atoms with Crippen molar-refractivity contribution in [1.82, 2.24) is 19.8 Å². The van der Waals surface area contributed by atoms with Crippen LogP contribution in [0.25, 0.3) is 5.82 Å². The molecule has 1 N–H and O–H groups in total. The number of amides is 1. The van der Waals surface area contributed by atoms with Crippen LogP contribution in [0.3, 0.4) is 0 Å². The summed E-state index contributed by atoms with van der Waals surface area (Å²) in [5, 5.41) is 3.24. The molecule has 1 aliphatic heterocycles. The van der Waals surface area contributed by atoms with Gasteiger partial charge in [-0.1, -0.05) is 6.07 Å². The van der Waals surface area contributed by atoms with Crippen molar-refractivity contribution in [2.24, 2.45) is 5.92 Å². The van der Waals surface area contributed by atoms with E-state index in [1.54, 1.807) is 6.20 Å². The van der Waals surface area contributed by atoms with Crippen LogP contribution in [0.5, 0.6) is 0 Å². The lowest BCUT2D eigenvalue weighted by atomic mass is 9.96. The molecule has 24 heavy (non-hydrogen) atoms. The van der Waals surface area contributed by atoms with Crippen LogP contribution < -0.4 is 5.32 Å². The maximum Gasteiger partial charge on any atom is 0.255 e. The number of rotatable bonds is 4. The monoisotopic (exact) mass is 326 g/mol. The fraction of sp³-hybridized carbons (Fsp3) is 0.474. The van der Waals surface area contributed by atoms with Gasteiger partial charge in [0.1, 0.15) is 5.82 Å². The molecule has 3 heterocycles. The Hall–Kier alpha value is -2.14. The number of aryl methyl sites for hydroxylation is 1. The van der Waals surface area contributed by atoms with E-state index in [2.05, 4.69) is 14.9 Å². The van der Waals surface area contributed by atoms with Crippen molar-refractivity contribution in [3.63, 3.8) is 0 Å². The summed E-state index contributed by atoms with van der Waals surface area (Å²) < 4.78 is 2.06. The third kappa shape index (κ3) is 3.22. The number of carbonyl (C=O) groups is 1. The van der Waals surface area contributed by atoms with Crippen LogP contribution in [-0.4, -0.2) is 47.0 Å². The summed E-state index contributed by atoms with van der Waals surface area (Å²) in [5.41, 5.74) is 2.80.